The van der Waals surface area contributed by atoms with Crippen LogP contribution in [0.4, 0.5) is 4.79 Å². The molecule has 0 unspecified atom stereocenters. The predicted octanol–water partition coefficient (Wildman–Crippen LogP) is 0.485. The van der Waals surface area contributed by atoms with E-state index in [1.54, 1.807) is 0 Å². The summed E-state index contributed by atoms with van der Waals surface area (Å²) in [5.74, 6) is 0.192. The van der Waals surface area contributed by atoms with Crippen molar-refractivity contribution in [3.63, 3.8) is 0 Å². The summed E-state index contributed by atoms with van der Waals surface area (Å²) in [6.07, 6.45) is -0.406. The molecule has 0 aromatic rings. The number of ether oxygens (including phenoxy) is 2. The third-order valence-electron chi connectivity index (χ3n) is 2.20. The number of hydrogen-bond donors (Lipinski definition) is 2. The average Bonchev–Trinajstić information content (AvgIpc) is 2.48. The number of nitrogens with one attached hydrogen (secondary N) is 1. The summed E-state index contributed by atoms with van der Waals surface area (Å²) in [5, 5.41) is 2.77. The highest BCUT2D eigenvalue weighted by Gasteiger charge is 2.29. The van der Waals surface area contributed by atoms with Gasteiger partial charge in [0.2, 0.25) is 0 Å². The average molecular weight is 216 g/mol. The van der Waals surface area contributed by atoms with Gasteiger partial charge in [0.25, 0.3) is 0 Å². The van der Waals surface area contributed by atoms with Crippen molar-refractivity contribution in [3.8, 4) is 0 Å². The molecule has 2 atom stereocenters. The normalized spacial score (nSPS) is 26.4. The van der Waals surface area contributed by atoms with Crippen molar-refractivity contribution in [2.75, 3.05) is 19.8 Å². The molecule has 0 spiro atoms. The molecule has 1 heterocycles. The fourth-order valence-electron chi connectivity index (χ4n) is 1.45. The number of carbonyl (C=O) groups is 1. The first-order valence-corrected chi connectivity index (χ1v) is 5.19. The number of amides is 1. The zero-order chi connectivity index (χ0) is 11.5. The summed E-state index contributed by atoms with van der Waals surface area (Å²) < 4.78 is 10.4. The quantitative estimate of drug-likeness (QED) is 0.704. The Morgan fingerprint density at radius 2 is 2.20 bits per heavy atom. The Labute approximate surface area is 90.3 Å². The van der Waals surface area contributed by atoms with E-state index >= 15 is 0 Å². The van der Waals surface area contributed by atoms with Gasteiger partial charge in [0.05, 0.1) is 19.3 Å². The van der Waals surface area contributed by atoms with E-state index in [1.165, 1.54) is 0 Å². The van der Waals surface area contributed by atoms with E-state index in [9.17, 15) is 4.79 Å². The molecule has 0 aromatic carbocycles. The maximum absolute atomic E-state index is 11.4. The van der Waals surface area contributed by atoms with Crippen LogP contribution in [-0.2, 0) is 9.47 Å². The van der Waals surface area contributed by atoms with Crippen molar-refractivity contribution < 1.29 is 14.3 Å². The van der Waals surface area contributed by atoms with Crippen LogP contribution in [-0.4, -0.2) is 37.5 Å². The molecule has 5 heteroatoms. The lowest BCUT2D eigenvalue weighted by molar-refractivity contribution is 0.0492. The minimum atomic E-state index is -0.470. The van der Waals surface area contributed by atoms with Crippen molar-refractivity contribution in [1.82, 2.24) is 5.32 Å². The Bertz CT molecular complexity index is 225. The second kappa shape index (κ2) is 4.81. The molecule has 1 aliphatic rings. The van der Waals surface area contributed by atoms with Gasteiger partial charge in [-0.15, -0.1) is 0 Å². The van der Waals surface area contributed by atoms with Crippen LogP contribution in [0.2, 0.25) is 0 Å². The Hall–Kier alpha value is -0.810. The van der Waals surface area contributed by atoms with E-state index in [2.05, 4.69) is 5.32 Å². The molecule has 1 amide bonds. The third-order valence-corrected chi connectivity index (χ3v) is 2.20. The van der Waals surface area contributed by atoms with E-state index in [0.717, 1.165) is 0 Å². The van der Waals surface area contributed by atoms with Crippen LogP contribution < -0.4 is 11.1 Å². The Kier molecular flexibility index (Phi) is 3.93. The molecule has 1 saturated heterocycles. The van der Waals surface area contributed by atoms with Crippen molar-refractivity contribution >= 4 is 6.09 Å². The van der Waals surface area contributed by atoms with Crippen LogP contribution in [0.3, 0.4) is 0 Å². The fourth-order valence-corrected chi connectivity index (χ4v) is 1.45. The summed E-state index contributed by atoms with van der Waals surface area (Å²) in [6, 6.07) is -0.0233. The molecule has 1 aliphatic heterocycles. The van der Waals surface area contributed by atoms with E-state index < -0.39 is 11.7 Å². The zero-order valence-corrected chi connectivity index (χ0v) is 9.58. The smallest absolute Gasteiger partial charge is 0.407 e. The number of hydrogen-bond acceptors (Lipinski definition) is 4. The van der Waals surface area contributed by atoms with Gasteiger partial charge in [0, 0.05) is 5.92 Å². The second-order valence-corrected chi connectivity index (χ2v) is 4.79. The number of carbonyl (C=O) groups excluding carboxylic acids is 1. The molecule has 0 saturated carbocycles. The van der Waals surface area contributed by atoms with Gasteiger partial charge in [-0.3, -0.25) is 0 Å². The third kappa shape index (κ3) is 4.05. The number of alkyl carbamates (subject to hydrolysis) is 1. The van der Waals surface area contributed by atoms with Gasteiger partial charge >= 0.3 is 6.09 Å². The van der Waals surface area contributed by atoms with Gasteiger partial charge in [0.15, 0.2) is 0 Å². The van der Waals surface area contributed by atoms with E-state index in [1.807, 2.05) is 20.8 Å². The molecule has 0 bridgehead atoms. The van der Waals surface area contributed by atoms with E-state index in [0.29, 0.717) is 19.8 Å². The SMILES string of the molecule is CC(C)(C)OC(=O)N[C@@H]1COC[C@@H]1CN. The first kappa shape index (κ1) is 12.3. The van der Waals surface area contributed by atoms with Crippen molar-refractivity contribution in [2.45, 2.75) is 32.4 Å². The van der Waals surface area contributed by atoms with Crippen LogP contribution in [0.15, 0.2) is 0 Å². The summed E-state index contributed by atoms with van der Waals surface area (Å²) >= 11 is 0. The van der Waals surface area contributed by atoms with Gasteiger partial charge < -0.3 is 20.5 Å². The second-order valence-electron chi connectivity index (χ2n) is 4.79. The fraction of sp³-hybridized carbons (Fsp3) is 0.900. The highest BCUT2D eigenvalue weighted by Crippen LogP contribution is 2.13. The molecule has 1 rings (SSSR count). The topological polar surface area (TPSA) is 73.6 Å². The lowest BCUT2D eigenvalue weighted by atomic mass is 10.0. The van der Waals surface area contributed by atoms with Crippen LogP contribution >= 0.6 is 0 Å². The Morgan fingerprint density at radius 3 is 2.73 bits per heavy atom. The summed E-state index contributed by atoms with van der Waals surface area (Å²) in [6.45, 7) is 7.13. The Morgan fingerprint density at radius 1 is 1.53 bits per heavy atom. The standard InChI is InChI=1S/C10H20N2O3/c1-10(2,3)15-9(13)12-8-6-14-5-7(8)4-11/h7-8H,4-6,11H2,1-3H3,(H,12,13)/t7-,8+/m0/s1. The molecule has 0 radical (unpaired) electrons. The van der Waals surface area contributed by atoms with Gasteiger partial charge in [-0.05, 0) is 27.3 Å². The first-order valence-electron chi connectivity index (χ1n) is 5.19. The minimum absolute atomic E-state index is 0.0233. The summed E-state index contributed by atoms with van der Waals surface area (Å²) in [7, 11) is 0. The molecule has 88 valence electrons. The van der Waals surface area contributed by atoms with Crippen LogP contribution in [0.1, 0.15) is 20.8 Å². The monoisotopic (exact) mass is 216 g/mol. The highest BCUT2D eigenvalue weighted by molar-refractivity contribution is 5.68. The lowest BCUT2D eigenvalue weighted by Crippen LogP contribution is -2.44. The molecule has 5 nitrogen and oxygen atoms in total. The molecular formula is C10H20N2O3. The molecular weight excluding hydrogens is 196 g/mol. The minimum Gasteiger partial charge on any atom is -0.444 e. The number of rotatable bonds is 2. The predicted molar refractivity (Wildman–Crippen MR) is 56.5 cm³/mol. The van der Waals surface area contributed by atoms with Crippen LogP contribution in [0.5, 0.6) is 0 Å². The molecule has 1 fully saturated rings. The van der Waals surface area contributed by atoms with Crippen LogP contribution in [0, 0.1) is 5.92 Å². The summed E-state index contributed by atoms with van der Waals surface area (Å²) in [5.41, 5.74) is 5.08. The number of nitrogens with two attached hydrogens (primary N) is 1. The maximum Gasteiger partial charge on any atom is 0.407 e. The zero-order valence-electron chi connectivity index (χ0n) is 9.58. The van der Waals surface area contributed by atoms with E-state index in [4.69, 9.17) is 15.2 Å². The maximum atomic E-state index is 11.4. The van der Waals surface area contributed by atoms with Crippen molar-refractivity contribution in [1.29, 1.82) is 0 Å². The van der Waals surface area contributed by atoms with Gasteiger partial charge in [-0.2, -0.15) is 0 Å². The summed E-state index contributed by atoms with van der Waals surface area (Å²) in [4.78, 5) is 11.4. The van der Waals surface area contributed by atoms with Gasteiger partial charge in [-0.25, -0.2) is 4.79 Å². The first-order chi connectivity index (χ1) is 6.92. The lowest BCUT2D eigenvalue weighted by Gasteiger charge is -2.23. The van der Waals surface area contributed by atoms with Gasteiger partial charge in [0.1, 0.15) is 5.60 Å². The molecule has 15 heavy (non-hydrogen) atoms. The highest BCUT2D eigenvalue weighted by atomic mass is 16.6. The molecule has 0 aliphatic carbocycles. The Balaban J connectivity index is 2.37. The molecule has 3 N–H and O–H groups in total. The van der Waals surface area contributed by atoms with Crippen LogP contribution in [0.25, 0.3) is 0 Å². The molecule has 0 aromatic heterocycles. The van der Waals surface area contributed by atoms with Crippen molar-refractivity contribution in [2.24, 2.45) is 11.7 Å². The van der Waals surface area contributed by atoms with Crippen molar-refractivity contribution in [3.05, 3.63) is 0 Å². The largest absolute Gasteiger partial charge is 0.444 e. The van der Waals surface area contributed by atoms with E-state index in [-0.39, 0.29) is 12.0 Å². The van der Waals surface area contributed by atoms with Gasteiger partial charge in [-0.1, -0.05) is 0 Å².